The summed E-state index contributed by atoms with van der Waals surface area (Å²) in [6.45, 7) is 0. The Labute approximate surface area is 363 Å². The average Bonchev–Trinajstić information content (AvgIpc) is 3.70. The molecule has 4 saturated carbocycles. The first-order valence-corrected chi connectivity index (χ1v) is 23.2. The van der Waals surface area contributed by atoms with Crippen molar-refractivity contribution in [1.29, 1.82) is 0 Å². The number of anilines is 3. The van der Waals surface area contributed by atoms with Crippen LogP contribution in [0.2, 0.25) is 0 Å². The van der Waals surface area contributed by atoms with Gasteiger partial charge >= 0.3 is 0 Å². The summed E-state index contributed by atoms with van der Waals surface area (Å²) in [7, 11) is 0. The summed E-state index contributed by atoms with van der Waals surface area (Å²) in [4.78, 5) is 2.51. The van der Waals surface area contributed by atoms with E-state index >= 15 is 0 Å². The molecule has 294 valence electrons. The first-order chi connectivity index (χ1) is 30.2. The van der Waals surface area contributed by atoms with E-state index in [1.807, 2.05) is 11.3 Å². The van der Waals surface area contributed by atoms with E-state index in [4.69, 9.17) is 0 Å². The van der Waals surface area contributed by atoms with Crippen LogP contribution in [0.4, 0.5) is 17.1 Å². The Morgan fingerprint density at radius 1 is 0.410 bits per heavy atom. The van der Waals surface area contributed by atoms with Crippen molar-refractivity contribution in [1.82, 2.24) is 0 Å². The highest BCUT2D eigenvalue weighted by atomic mass is 32.1. The maximum Gasteiger partial charge on any atom is 0.0708 e. The molecule has 1 spiro atoms. The molecule has 4 fully saturated rings. The Balaban J connectivity index is 1.08. The molecule has 0 aliphatic heterocycles. The van der Waals surface area contributed by atoms with E-state index in [2.05, 4.69) is 205 Å². The van der Waals surface area contributed by atoms with Gasteiger partial charge in [-0.2, -0.15) is 0 Å². The highest BCUT2D eigenvalue weighted by Crippen LogP contribution is 2.70. The first kappa shape index (κ1) is 35.5. The standard InChI is InChI=1S/C59H47NS/c1-4-17-42(18-5-1)58(43-19-6-2-7-20-43)52-27-11-12-28-53(52)59(44-33-39-32-40(35-44)36-45(59)34-39)54-31-30-48(38-55(54)58)60(46-21-8-3-9-22-46)47-23-14-16-41(37-47)49-25-15-26-51-50-24-10-13-29-56(50)61-57(49)51/h1-31,37-40,44-45H,32-36H2. The molecule has 5 aliphatic rings. The maximum absolute atomic E-state index is 2.63. The summed E-state index contributed by atoms with van der Waals surface area (Å²) in [6, 6.07) is 76.3. The Kier molecular flexibility index (Phi) is 7.95. The van der Waals surface area contributed by atoms with Crippen LogP contribution in [-0.2, 0) is 10.8 Å². The number of thiophene rings is 1. The van der Waals surface area contributed by atoms with Gasteiger partial charge in [0.05, 0.1) is 5.41 Å². The van der Waals surface area contributed by atoms with Gasteiger partial charge in [0.1, 0.15) is 0 Å². The normalized spacial score (nSPS) is 23.0. The summed E-state index contributed by atoms with van der Waals surface area (Å²) < 4.78 is 2.68. The lowest BCUT2D eigenvalue weighted by Crippen LogP contribution is -2.59. The predicted octanol–water partition coefficient (Wildman–Crippen LogP) is 15.6. The smallest absolute Gasteiger partial charge is 0.0708 e. The third-order valence-electron chi connectivity index (χ3n) is 15.6. The second kappa shape index (κ2) is 13.6. The van der Waals surface area contributed by atoms with Crippen molar-refractivity contribution in [2.45, 2.75) is 42.9 Å². The molecule has 0 radical (unpaired) electrons. The van der Waals surface area contributed by atoms with E-state index in [0.29, 0.717) is 11.8 Å². The zero-order valence-electron chi connectivity index (χ0n) is 34.3. The molecule has 61 heavy (non-hydrogen) atoms. The van der Waals surface area contributed by atoms with Crippen molar-refractivity contribution in [3.63, 3.8) is 0 Å². The lowest BCUT2D eigenvalue weighted by Gasteiger charge is -2.65. The minimum atomic E-state index is -0.509. The summed E-state index contributed by atoms with van der Waals surface area (Å²) >= 11 is 1.90. The van der Waals surface area contributed by atoms with Crippen LogP contribution in [0.1, 0.15) is 65.5 Å². The van der Waals surface area contributed by atoms with E-state index in [1.165, 1.54) is 91.3 Å². The molecule has 8 aromatic carbocycles. The highest BCUT2D eigenvalue weighted by molar-refractivity contribution is 7.26. The molecular weight excluding hydrogens is 755 g/mol. The minimum absolute atomic E-state index is 0.00857. The van der Waals surface area contributed by atoms with E-state index in [0.717, 1.165) is 23.2 Å². The van der Waals surface area contributed by atoms with Crippen LogP contribution in [0.3, 0.4) is 0 Å². The third-order valence-corrected chi connectivity index (χ3v) is 16.8. The molecule has 14 rings (SSSR count). The van der Waals surface area contributed by atoms with Gasteiger partial charge in [-0.25, -0.2) is 0 Å². The van der Waals surface area contributed by atoms with Crippen LogP contribution < -0.4 is 4.90 Å². The van der Waals surface area contributed by atoms with E-state index in [1.54, 1.807) is 11.1 Å². The van der Waals surface area contributed by atoms with E-state index < -0.39 is 5.41 Å². The van der Waals surface area contributed by atoms with Crippen molar-refractivity contribution < 1.29 is 0 Å². The molecule has 2 heteroatoms. The first-order valence-electron chi connectivity index (χ1n) is 22.4. The van der Waals surface area contributed by atoms with E-state index in [9.17, 15) is 0 Å². The van der Waals surface area contributed by atoms with Gasteiger partial charge in [-0.05, 0) is 143 Å². The van der Waals surface area contributed by atoms with Gasteiger partial charge in [-0.1, -0.05) is 158 Å². The number of hydrogen-bond donors (Lipinski definition) is 0. The number of fused-ring (bicyclic) bond motifs is 5. The molecule has 4 bridgehead atoms. The summed E-state index contributed by atoms with van der Waals surface area (Å²) in [5, 5.41) is 2.66. The zero-order chi connectivity index (χ0) is 40.1. The fourth-order valence-corrected chi connectivity index (χ4v) is 14.8. The second-order valence-electron chi connectivity index (χ2n) is 18.4. The van der Waals surface area contributed by atoms with Crippen LogP contribution in [0.25, 0.3) is 31.3 Å². The molecule has 0 atom stereocenters. The number of benzene rings is 8. The summed E-state index contributed by atoms with van der Waals surface area (Å²) in [5.41, 5.74) is 14.2. The fourth-order valence-electron chi connectivity index (χ4n) is 13.6. The van der Waals surface area contributed by atoms with Crippen molar-refractivity contribution in [2.75, 3.05) is 4.90 Å². The molecular formula is C59H47NS. The highest BCUT2D eigenvalue weighted by Gasteiger charge is 2.63. The lowest BCUT2D eigenvalue weighted by atomic mass is 9.38. The van der Waals surface area contributed by atoms with Gasteiger partial charge in [-0.15, -0.1) is 11.3 Å². The molecule has 0 unspecified atom stereocenters. The number of nitrogens with zero attached hydrogens (tertiary/aromatic N) is 1. The SMILES string of the molecule is c1ccc(N(c2cccc(-c3cccc4c3sc3ccccc34)c2)c2ccc3c(c2)C(c2ccccc2)(c2ccccc2)c2ccccc2C32C3CC4CC(C3)CC2C4)cc1. The Hall–Kier alpha value is -6.22. The molecule has 5 aliphatic carbocycles. The predicted molar refractivity (Wildman–Crippen MR) is 256 cm³/mol. The van der Waals surface area contributed by atoms with Crippen LogP contribution in [0, 0.1) is 23.7 Å². The quantitative estimate of drug-likeness (QED) is 0.162. The van der Waals surface area contributed by atoms with Gasteiger partial charge in [0.25, 0.3) is 0 Å². The van der Waals surface area contributed by atoms with Crippen LogP contribution >= 0.6 is 11.3 Å². The Morgan fingerprint density at radius 2 is 0.967 bits per heavy atom. The molecule has 1 nitrogen and oxygen atoms in total. The van der Waals surface area contributed by atoms with Crippen molar-refractivity contribution >= 4 is 48.6 Å². The molecule has 1 aromatic heterocycles. The monoisotopic (exact) mass is 801 g/mol. The largest absolute Gasteiger partial charge is 0.310 e. The number of hydrogen-bond acceptors (Lipinski definition) is 2. The van der Waals surface area contributed by atoms with Crippen molar-refractivity contribution in [2.24, 2.45) is 23.7 Å². The zero-order valence-corrected chi connectivity index (χ0v) is 35.1. The van der Waals surface area contributed by atoms with Crippen LogP contribution in [0.15, 0.2) is 200 Å². The maximum atomic E-state index is 2.63. The lowest BCUT2D eigenvalue weighted by molar-refractivity contribution is -0.0440. The average molecular weight is 802 g/mol. The second-order valence-corrected chi connectivity index (χ2v) is 19.5. The summed E-state index contributed by atoms with van der Waals surface area (Å²) in [5.74, 6) is 3.05. The van der Waals surface area contributed by atoms with Gasteiger partial charge in [-0.3, -0.25) is 0 Å². The molecule has 1 heterocycles. The topological polar surface area (TPSA) is 3.24 Å². The molecule has 0 saturated heterocycles. The minimum Gasteiger partial charge on any atom is -0.310 e. The number of para-hydroxylation sites is 1. The van der Waals surface area contributed by atoms with Gasteiger partial charge in [0, 0.05) is 42.6 Å². The molecule has 9 aromatic rings. The van der Waals surface area contributed by atoms with Crippen LogP contribution in [0.5, 0.6) is 0 Å². The number of rotatable bonds is 6. The molecule has 0 amide bonds. The third kappa shape index (κ3) is 5.06. The van der Waals surface area contributed by atoms with E-state index in [-0.39, 0.29) is 5.41 Å². The molecule has 0 N–H and O–H groups in total. The fraction of sp³-hybridized carbons (Fsp3) is 0.186. The van der Waals surface area contributed by atoms with Crippen molar-refractivity contribution in [3.05, 3.63) is 234 Å². The van der Waals surface area contributed by atoms with Gasteiger partial charge in [0.15, 0.2) is 0 Å². The summed E-state index contributed by atoms with van der Waals surface area (Å²) in [6.07, 6.45) is 6.84. The van der Waals surface area contributed by atoms with Gasteiger partial charge < -0.3 is 4.90 Å². The Bertz CT molecular complexity index is 3040. The van der Waals surface area contributed by atoms with Crippen LogP contribution in [-0.4, -0.2) is 0 Å². The van der Waals surface area contributed by atoms with Crippen molar-refractivity contribution in [3.8, 4) is 11.1 Å². The Morgan fingerprint density at radius 3 is 1.69 bits per heavy atom. The van der Waals surface area contributed by atoms with Gasteiger partial charge in [0.2, 0.25) is 0 Å².